The fourth-order valence-electron chi connectivity index (χ4n) is 2.40. The number of rotatable bonds is 5. The van der Waals surface area contributed by atoms with Crippen molar-refractivity contribution in [3.05, 3.63) is 78.6 Å². The first-order valence-corrected chi connectivity index (χ1v) is 8.53. The van der Waals surface area contributed by atoms with Crippen molar-refractivity contribution in [3.8, 4) is 5.75 Å². The van der Waals surface area contributed by atoms with E-state index in [1.165, 1.54) is 12.1 Å². The quantitative estimate of drug-likeness (QED) is 0.560. The minimum absolute atomic E-state index is 0.282. The van der Waals surface area contributed by atoms with E-state index < -0.39 is 0 Å². The van der Waals surface area contributed by atoms with Crippen LogP contribution in [-0.4, -0.2) is 15.0 Å². The number of hydrogen-bond donors (Lipinski definition) is 1. The van der Waals surface area contributed by atoms with E-state index in [0.717, 1.165) is 26.6 Å². The molecule has 0 unspecified atom stereocenters. The molecular formula is C19H14FN3OS. The summed E-state index contributed by atoms with van der Waals surface area (Å²) in [5, 5.41) is 0. The average Bonchev–Trinajstić information content (AvgIpc) is 3.04. The zero-order valence-corrected chi connectivity index (χ0v) is 14.0. The van der Waals surface area contributed by atoms with Crippen molar-refractivity contribution in [1.82, 2.24) is 15.0 Å². The first-order chi connectivity index (χ1) is 12.3. The lowest BCUT2D eigenvalue weighted by Gasteiger charge is -2.03. The molecule has 2 heterocycles. The average molecular weight is 351 g/mol. The second kappa shape index (κ2) is 6.94. The maximum absolute atomic E-state index is 12.9. The molecule has 0 aliphatic rings. The summed E-state index contributed by atoms with van der Waals surface area (Å²) in [7, 11) is 0. The van der Waals surface area contributed by atoms with Gasteiger partial charge in [-0.05, 0) is 54.6 Å². The van der Waals surface area contributed by atoms with Crippen molar-refractivity contribution in [2.45, 2.75) is 16.4 Å². The Morgan fingerprint density at radius 1 is 0.960 bits per heavy atom. The number of benzene rings is 2. The van der Waals surface area contributed by atoms with Crippen molar-refractivity contribution in [1.29, 1.82) is 0 Å². The maximum Gasteiger partial charge on any atom is 0.146 e. The van der Waals surface area contributed by atoms with Crippen LogP contribution in [0.25, 0.3) is 11.0 Å². The van der Waals surface area contributed by atoms with E-state index >= 15 is 0 Å². The number of H-pyrrole nitrogens is 1. The van der Waals surface area contributed by atoms with Crippen LogP contribution in [-0.2, 0) is 6.61 Å². The van der Waals surface area contributed by atoms with Crippen LogP contribution in [0.4, 0.5) is 4.39 Å². The van der Waals surface area contributed by atoms with Gasteiger partial charge in [0.25, 0.3) is 0 Å². The number of hydrogen-bond acceptors (Lipinski definition) is 4. The van der Waals surface area contributed by atoms with Crippen molar-refractivity contribution in [3.63, 3.8) is 0 Å². The van der Waals surface area contributed by atoms with Gasteiger partial charge in [-0.25, -0.2) is 9.37 Å². The Balaban J connectivity index is 1.49. The summed E-state index contributed by atoms with van der Waals surface area (Å²) in [6, 6.07) is 16.0. The molecule has 0 aliphatic heterocycles. The molecule has 124 valence electrons. The topological polar surface area (TPSA) is 50.8 Å². The molecule has 0 spiro atoms. The summed E-state index contributed by atoms with van der Waals surface area (Å²) >= 11 is 1.67. The van der Waals surface area contributed by atoms with Gasteiger partial charge in [0, 0.05) is 22.2 Å². The van der Waals surface area contributed by atoms with E-state index in [9.17, 15) is 4.39 Å². The Morgan fingerprint density at radius 3 is 2.56 bits per heavy atom. The van der Waals surface area contributed by atoms with E-state index in [0.29, 0.717) is 12.4 Å². The number of aromatic amines is 1. The third-order valence-corrected chi connectivity index (χ3v) is 4.57. The smallest absolute Gasteiger partial charge is 0.146 e. The highest BCUT2D eigenvalue weighted by Gasteiger charge is 2.06. The molecule has 0 bridgehead atoms. The summed E-state index contributed by atoms with van der Waals surface area (Å²) in [5.74, 6) is 1.05. The zero-order valence-electron chi connectivity index (χ0n) is 13.1. The van der Waals surface area contributed by atoms with E-state index in [2.05, 4.69) is 21.0 Å². The second-order valence-corrected chi connectivity index (χ2v) is 6.54. The number of aromatic nitrogens is 3. The molecule has 4 rings (SSSR count). The van der Waals surface area contributed by atoms with Crippen LogP contribution in [0.15, 0.2) is 76.8 Å². The molecule has 0 saturated carbocycles. The van der Waals surface area contributed by atoms with Gasteiger partial charge >= 0.3 is 0 Å². The summed E-state index contributed by atoms with van der Waals surface area (Å²) in [5.41, 5.74) is 1.84. The number of nitrogens with one attached hydrogen (secondary N) is 1. The molecule has 6 heteroatoms. The lowest BCUT2D eigenvalue weighted by Crippen LogP contribution is -1.97. The van der Waals surface area contributed by atoms with E-state index in [1.54, 1.807) is 36.3 Å². The maximum atomic E-state index is 12.9. The number of halogens is 1. The monoisotopic (exact) mass is 351 g/mol. The molecule has 0 aliphatic carbocycles. The van der Waals surface area contributed by atoms with Gasteiger partial charge in [-0.3, -0.25) is 4.98 Å². The fourth-order valence-corrected chi connectivity index (χ4v) is 3.24. The summed E-state index contributed by atoms with van der Waals surface area (Å²) in [6.45, 7) is 0.299. The zero-order chi connectivity index (χ0) is 17.1. The van der Waals surface area contributed by atoms with Crippen LogP contribution in [0.5, 0.6) is 5.75 Å². The van der Waals surface area contributed by atoms with E-state index in [4.69, 9.17) is 4.74 Å². The Hall–Kier alpha value is -2.86. The van der Waals surface area contributed by atoms with Gasteiger partial charge < -0.3 is 9.72 Å². The number of ether oxygens (including phenoxy) is 1. The van der Waals surface area contributed by atoms with Crippen molar-refractivity contribution in [2.24, 2.45) is 0 Å². The predicted octanol–water partition coefficient (Wildman–Crippen LogP) is 4.83. The third-order valence-electron chi connectivity index (χ3n) is 3.58. The Labute approximate surface area is 148 Å². The predicted molar refractivity (Wildman–Crippen MR) is 95.2 cm³/mol. The summed E-state index contributed by atoms with van der Waals surface area (Å²) in [6.07, 6.45) is 3.56. The van der Waals surface area contributed by atoms with Gasteiger partial charge in [-0.1, -0.05) is 11.8 Å². The SMILES string of the molecule is Fc1ccc(OCc2nc3ccc(Sc4ccncc4)cc3[nH]2)cc1. The number of nitrogens with zero attached hydrogens (tertiary/aromatic N) is 2. The standard InChI is InChI=1S/C19H14FN3OS/c20-13-1-3-14(4-2-13)24-12-19-22-17-6-5-16(11-18(17)23-19)25-15-7-9-21-10-8-15/h1-11H,12H2,(H,22,23). The van der Waals surface area contributed by atoms with Crippen molar-refractivity contribution >= 4 is 22.8 Å². The lowest BCUT2D eigenvalue weighted by molar-refractivity contribution is 0.297. The minimum atomic E-state index is -0.282. The first kappa shape index (κ1) is 15.7. The van der Waals surface area contributed by atoms with E-state index in [1.807, 2.05) is 24.3 Å². The van der Waals surface area contributed by atoms with Crippen LogP contribution in [0, 0.1) is 5.82 Å². The van der Waals surface area contributed by atoms with Gasteiger partial charge in [-0.15, -0.1) is 0 Å². The Kier molecular flexibility index (Phi) is 4.35. The molecule has 4 nitrogen and oxygen atoms in total. The third kappa shape index (κ3) is 3.80. The van der Waals surface area contributed by atoms with Gasteiger partial charge in [0.2, 0.25) is 0 Å². The lowest BCUT2D eigenvalue weighted by atomic mass is 10.3. The van der Waals surface area contributed by atoms with E-state index in [-0.39, 0.29) is 5.82 Å². The first-order valence-electron chi connectivity index (χ1n) is 7.71. The second-order valence-electron chi connectivity index (χ2n) is 5.39. The summed E-state index contributed by atoms with van der Waals surface area (Å²) in [4.78, 5) is 14.1. The molecule has 4 aromatic rings. The molecule has 0 saturated heterocycles. The summed E-state index contributed by atoms with van der Waals surface area (Å²) < 4.78 is 18.5. The Bertz CT molecular complexity index is 987. The van der Waals surface area contributed by atoms with Gasteiger partial charge in [0.15, 0.2) is 0 Å². The van der Waals surface area contributed by atoms with Gasteiger partial charge in [-0.2, -0.15) is 0 Å². The molecule has 0 radical (unpaired) electrons. The molecule has 2 aromatic carbocycles. The van der Waals surface area contributed by atoms with Crippen LogP contribution < -0.4 is 4.74 Å². The molecule has 0 fully saturated rings. The number of imidazole rings is 1. The largest absolute Gasteiger partial charge is 0.486 e. The van der Waals surface area contributed by atoms with Crippen LogP contribution >= 0.6 is 11.8 Å². The molecule has 25 heavy (non-hydrogen) atoms. The van der Waals surface area contributed by atoms with Gasteiger partial charge in [0.1, 0.15) is 24.0 Å². The van der Waals surface area contributed by atoms with Crippen LogP contribution in [0.3, 0.4) is 0 Å². The highest BCUT2D eigenvalue weighted by molar-refractivity contribution is 7.99. The normalized spacial score (nSPS) is 10.9. The molecular weight excluding hydrogens is 337 g/mol. The highest BCUT2D eigenvalue weighted by atomic mass is 32.2. The van der Waals surface area contributed by atoms with Crippen LogP contribution in [0.1, 0.15) is 5.82 Å². The van der Waals surface area contributed by atoms with Gasteiger partial charge in [0.05, 0.1) is 11.0 Å². The molecule has 0 atom stereocenters. The number of fused-ring (bicyclic) bond motifs is 1. The molecule has 0 amide bonds. The molecule has 1 N–H and O–H groups in total. The van der Waals surface area contributed by atoms with Crippen LogP contribution in [0.2, 0.25) is 0 Å². The minimum Gasteiger partial charge on any atom is -0.486 e. The van der Waals surface area contributed by atoms with Crippen molar-refractivity contribution in [2.75, 3.05) is 0 Å². The number of pyridine rings is 1. The molecule has 2 aromatic heterocycles. The fraction of sp³-hybridized carbons (Fsp3) is 0.0526. The van der Waals surface area contributed by atoms with Crippen molar-refractivity contribution < 1.29 is 9.13 Å². The highest BCUT2D eigenvalue weighted by Crippen LogP contribution is 2.29. The Morgan fingerprint density at radius 2 is 1.76 bits per heavy atom.